The number of amides is 1. The van der Waals surface area contributed by atoms with E-state index in [4.69, 9.17) is 5.73 Å². The zero-order valence-electron chi connectivity index (χ0n) is 12.9. The minimum absolute atomic E-state index is 0.00612. The Morgan fingerprint density at radius 1 is 1.36 bits per heavy atom. The highest BCUT2D eigenvalue weighted by Gasteiger charge is 2.34. The molecule has 0 spiro atoms. The van der Waals surface area contributed by atoms with Crippen molar-refractivity contribution in [1.82, 2.24) is 20.1 Å². The largest absolute Gasteiger partial charge is 0.368 e. The molecule has 9 heteroatoms. The lowest BCUT2D eigenvalue weighted by Gasteiger charge is -2.22. The molecule has 1 fully saturated rings. The van der Waals surface area contributed by atoms with Gasteiger partial charge in [0.25, 0.3) is 5.16 Å². The van der Waals surface area contributed by atoms with E-state index in [-0.39, 0.29) is 11.1 Å². The Morgan fingerprint density at radius 3 is 2.55 bits per heavy atom. The number of nitrogen functional groups attached to an aromatic ring is 1. The molecule has 2 rings (SSSR count). The van der Waals surface area contributed by atoms with Crippen molar-refractivity contribution in [1.29, 1.82) is 0 Å². The average Bonchev–Trinajstić information content (AvgIpc) is 2.85. The highest BCUT2D eigenvalue weighted by atomic mass is 32.2. The van der Waals surface area contributed by atoms with Crippen molar-refractivity contribution in [3.05, 3.63) is 0 Å². The van der Waals surface area contributed by atoms with E-state index in [1.54, 1.807) is 0 Å². The van der Waals surface area contributed by atoms with Gasteiger partial charge >= 0.3 is 0 Å². The molecule has 1 aliphatic carbocycles. The molecule has 0 aliphatic heterocycles. The lowest BCUT2D eigenvalue weighted by molar-refractivity contribution is -0.120. The Kier molecular flexibility index (Phi) is 5.05. The molecule has 1 atom stereocenters. The summed E-state index contributed by atoms with van der Waals surface area (Å²) in [6, 6.07) is 0. The van der Waals surface area contributed by atoms with Crippen LogP contribution in [0.2, 0.25) is 0 Å². The van der Waals surface area contributed by atoms with Crippen molar-refractivity contribution in [2.24, 2.45) is 13.0 Å². The summed E-state index contributed by atoms with van der Waals surface area (Å²) in [5, 5.41) is 8.32. The second kappa shape index (κ2) is 6.64. The smallest absolute Gasteiger partial charge is 0.251 e. The Balaban J connectivity index is 2.01. The molecule has 1 amide bonds. The summed E-state index contributed by atoms with van der Waals surface area (Å²) in [5.41, 5.74) is 5.49. The van der Waals surface area contributed by atoms with E-state index in [1.165, 1.54) is 37.8 Å². The summed E-state index contributed by atoms with van der Waals surface area (Å²) in [7, 11) is -2.45. The second-order valence-corrected chi connectivity index (χ2v) is 8.00. The van der Waals surface area contributed by atoms with Crippen LogP contribution in [0.4, 0.5) is 5.95 Å². The van der Waals surface area contributed by atoms with Crippen molar-refractivity contribution >= 4 is 21.7 Å². The molecule has 3 N–H and O–H groups in total. The van der Waals surface area contributed by atoms with Crippen LogP contribution in [0.5, 0.6) is 0 Å². The van der Waals surface area contributed by atoms with Crippen molar-refractivity contribution in [3.8, 4) is 0 Å². The summed E-state index contributed by atoms with van der Waals surface area (Å²) in [4.78, 5) is 12.1. The minimum Gasteiger partial charge on any atom is -0.368 e. The summed E-state index contributed by atoms with van der Waals surface area (Å²) in [5.74, 6) is -0.0707. The number of hydrogen-bond acceptors (Lipinski definition) is 6. The zero-order chi connectivity index (χ0) is 16.3. The lowest BCUT2D eigenvalue weighted by Crippen LogP contribution is -2.41. The Morgan fingerprint density at radius 2 is 2.00 bits per heavy atom. The molecule has 0 unspecified atom stereocenters. The molecule has 0 saturated heterocycles. The molecule has 1 aromatic rings. The average molecular weight is 329 g/mol. The van der Waals surface area contributed by atoms with Crippen LogP contribution in [-0.2, 0) is 21.7 Å². The highest BCUT2D eigenvalue weighted by Crippen LogP contribution is 2.23. The van der Waals surface area contributed by atoms with Crippen molar-refractivity contribution in [2.45, 2.75) is 49.4 Å². The number of aromatic nitrogens is 3. The van der Waals surface area contributed by atoms with Crippen molar-refractivity contribution in [2.75, 3.05) is 12.3 Å². The van der Waals surface area contributed by atoms with Gasteiger partial charge in [-0.1, -0.05) is 19.3 Å². The standard InChI is InChI=1S/C13H23N5O3S/c1-9(11(19)15-8-10-6-4-3-5-7-10)22(20,21)13-17-16-12(14)18(13)2/h9-10H,3-8H2,1-2H3,(H2,14,16)(H,15,19)/t9-/m0/s1. The van der Waals surface area contributed by atoms with Crippen LogP contribution in [0.25, 0.3) is 0 Å². The minimum atomic E-state index is -3.90. The van der Waals surface area contributed by atoms with Gasteiger partial charge in [-0.3, -0.25) is 9.36 Å². The fraction of sp³-hybridized carbons (Fsp3) is 0.769. The van der Waals surface area contributed by atoms with Crippen LogP contribution in [0, 0.1) is 5.92 Å². The molecular weight excluding hydrogens is 306 g/mol. The lowest BCUT2D eigenvalue weighted by atomic mass is 9.89. The zero-order valence-corrected chi connectivity index (χ0v) is 13.8. The first-order valence-electron chi connectivity index (χ1n) is 7.50. The number of carbonyl (C=O) groups is 1. The normalized spacial score (nSPS) is 18.1. The summed E-state index contributed by atoms with van der Waals surface area (Å²) in [6.45, 7) is 1.88. The van der Waals surface area contributed by atoms with Crippen LogP contribution in [0.3, 0.4) is 0 Å². The first-order valence-corrected chi connectivity index (χ1v) is 9.05. The van der Waals surface area contributed by atoms with E-state index in [0.717, 1.165) is 12.8 Å². The maximum Gasteiger partial charge on any atom is 0.251 e. The maximum atomic E-state index is 12.4. The van der Waals surface area contributed by atoms with E-state index >= 15 is 0 Å². The molecule has 1 heterocycles. The Labute approximate surface area is 130 Å². The first-order chi connectivity index (χ1) is 10.3. The van der Waals surface area contributed by atoms with Gasteiger partial charge < -0.3 is 11.1 Å². The van der Waals surface area contributed by atoms with Crippen LogP contribution in [0.1, 0.15) is 39.0 Å². The van der Waals surface area contributed by atoms with Crippen LogP contribution in [0.15, 0.2) is 5.16 Å². The number of nitrogens with one attached hydrogen (secondary N) is 1. The summed E-state index contributed by atoms with van der Waals surface area (Å²) >= 11 is 0. The van der Waals surface area contributed by atoms with Gasteiger partial charge in [0.2, 0.25) is 21.7 Å². The van der Waals surface area contributed by atoms with Gasteiger partial charge in [-0.2, -0.15) is 0 Å². The van der Waals surface area contributed by atoms with Gasteiger partial charge in [-0.25, -0.2) is 8.42 Å². The molecule has 0 radical (unpaired) electrons. The Hall–Kier alpha value is -1.64. The third kappa shape index (κ3) is 3.40. The molecule has 124 valence electrons. The summed E-state index contributed by atoms with van der Waals surface area (Å²) < 4.78 is 26.0. The van der Waals surface area contributed by atoms with Gasteiger partial charge in [-0.15, -0.1) is 10.2 Å². The third-order valence-corrected chi connectivity index (χ3v) is 6.26. The molecule has 0 aromatic carbocycles. The number of hydrogen-bond donors (Lipinski definition) is 2. The number of anilines is 1. The maximum absolute atomic E-state index is 12.4. The number of sulfone groups is 1. The topological polar surface area (TPSA) is 120 Å². The number of nitrogens with two attached hydrogens (primary N) is 1. The van der Waals surface area contributed by atoms with Gasteiger partial charge in [-0.05, 0) is 25.7 Å². The van der Waals surface area contributed by atoms with Crippen molar-refractivity contribution < 1.29 is 13.2 Å². The van der Waals surface area contributed by atoms with Gasteiger partial charge in [0.05, 0.1) is 0 Å². The number of nitrogens with zero attached hydrogens (tertiary/aromatic N) is 3. The van der Waals surface area contributed by atoms with E-state index in [2.05, 4.69) is 15.5 Å². The quantitative estimate of drug-likeness (QED) is 0.799. The molecule has 1 saturated carbocycles. The molecular formula is C13H23N5O3S. The van der Waals surface area contributed by atoms with E-state index in [1.807, 2.05) is 0 Å². The fourth-order valence-corrected chi connectivity index (χ4v) is 3.96. The van der Waals surface area contributed by atoms with Gasteiger partial charge in [0, 0.05) is 13.6 Å². The van der Waals surface area contributed by atoms with E-state index in [0.29, 0.717) is 12.5 Å². The SMILES string of the molecule is C[C@@H](C(=O)NCC1CCCCC1)S(=O)(=O)c1nnc(N)n1C. The predicted octanol–water partition coefficient (Wildman–Crippen LogP) is 0.256. The predicted molar refractivity (Wildman–Crippen MR) is 81.6 cm³/mol. The molecule has 1 aromatic heterocycles. The summed E-state index contributed by atoms with van der Waals surface area (Å²) in [6.07, 6.45) is 5.75. The van der Waals surface area contributed by atoms with Crippen LogP contribution >= 0.6 is 0 Å². The molecule has 1 aliphatic rings. The second-order valence-electron chi connectivity index (χ2n) is 5.84. The van der Waals surface area contributed by atoms with Crippen LogP contribution < -0.4 is 11.1 Å². The number of rotatable bonds is 5. The van der Waals surface area contributed by atoms with Crippen LogP contribution in [-0.4, -0.2) is 40.9 Å². The van der Waals surface area contributed by atoms with Crippen molar-refractivity contribution in [3.63, 3.8) is 0 Å². The first kappa shape index (κ1) is 16.7. The number of carbonyl (C=O) groups excluding carboxylic acids is 1. The monoisotopic (exact) mass is 329 g/mol. The molecule has 8 nitrogen and oxygen atoms in total. The van der Waals surface area contributed by atoms with E-state index < -0.39 is 21.0 Å². The highest BCUT2D eigenvalue weighted by molar-refractivity contribution is 7.92. The van der Waals surface area contributed by atoms with Gasteiger partial charge in [0.1, 0.15) is 5.25 Å². The van der Waals surface area contributed by atoms with Gasteiger partial charge in [0.15, 0.2) is 0 Å². The fourth-order valence-electron chi connectivity index (χ4n) is 2.65. The molecule has 0 bridgehead atoms. The molecule has 22 heavy (non-hydrogen) atoms. The van der Waals surface area contributed by atoms with E-state index in [9.17, 15) is 13.2 Å². The third-order valence-electron chi connectivity index (χ3n) is 4.25. The Bertz CT molecular complexity index is 634.